The molecule has 3 nitrogen and oxygen atoms in total. The summed E-state index contributed by atoms with van der Waals surface area (Å²) in [7, 11) is 1.55. The van der Waals surface area contributed by atoms with E-state index in [9.17, 15) is 0 Å². The highest BCUT2D eigenvalue weighted by Gasteiger charge is 2.24. The zero-order valence-electron chi connectivity index (χ0n) is 11.5. The number of methoxy groups -OCH3 is 1. The van der Waals surface area contributed by atoms with Crippen LogP contribution in [0.4, 0.5) is 0 Å². The number of rotatable bonds is 3. The highest BCUT2D eigenvalue weighted by Crippen LogP contribution is 2.36. The van der Waals surface area contributed by atoms with Gasteiger partial charge in [-0.2, -0.15) is 5.26 Å². The van der Waals surface area contributed by atoms with Crippen LogP contribution in [-0.2, 0) is 11.2 Å². The second kappa shape index (κ2) is 5.68. The van der Waals surface area contributed by atoms with Gasteiger partial charge in [-0.05, 0) is 41.5 Å². The van der Waals surface area contributed by atoms with Crippen LogP contribution in [-0.4, -0.2) is 7.11 Å². The standard InChI is InChI=1S/C17H13BrN2O/c1-21-17-9-12(6-5-11(17)10-19)20-16-8-7-13-14(16)3-2-4-15(13)18/h2-4,9,16,20H,7-8H2,1H3/t16-/m0/s1. The SMILES string of the molecule is COC1=CC(N[C@H]2CCc3c(Br)cccc32)=C=C=C1C#N. The van der Waals surface area contributed by atoms with Gasteiger partial charge in [-0.1, -0.05) is 28.1 Å². The number of halogens is 1. The van der Waals surface area contributed by atoms with Crippen LogP contribution in [0.1, 0.15) is 23.6 Å². The van der Waals surface area contributed by atoms with Crippen molar-refractivity contribution in [2.24, 2.45) is 0 Å². The summed E-state index contributed by atoms with van der Waals surface area (Å²) >= 11 is 3.60. The zero-order chi connectivity index (χ0) is 14.8. The van der Waals surface area contributed by atoms with E-state index in [0.29, 0.717) is 11.3 Å². The van der Waals surface area contributed by atoms with Crippen molar-refractivity contribution < 1.29 is 4.74 Å². The van der Waals surface area contributed by atoms with E-state index in [1.165, 1.54) is 11.1 Å². The summed E-state index contributed by atoms with van der Waals surface area (Å²) in [6, 6.07) is 8.57. The fraction of sp³-hybridized carbons (Fsp3) is 0.235. The molecule has 0 spiro atoms. The van der Waals surface area contributed by atoms with Crippen LogP contribution in [0.25, 0.3) is 0 Å². The number of allylic oxidation sites excluding steroid dienone is 2. The van der Waals surface area contributed by atoms with Crippen LogP contribution >= 0.6 is 15.9 Å². The van der Waals surface area contributed by atoms with Gasteiger partial charge in [0.1, 0.15) is 17.4 Å². The second-order valence-electron chi connectivity index (χ2n) is 4.91. The van der Waals surface area contributed by atoms with Gasteiger partial charge < -0.3 is 10.1 Å². The molecule has 0 aromatic heterocycles. The maximum absolute atomic E-state index is 8.98. The Hall–Kier alpha value is -2.17. The van der Waals surface area contributed by atoms with E-state index in [1.807, 2.05) is 6.07 Å². The smallest absolute Gasteiger partial charge is 0.147 e. The molecule has 3 rings (SSSR count). The summed E-state index contributed by atoms with van der Waals surface area (Å²) in [5.41, 5.74) is 9.65. The van der Waals surface area contributed by atoms with Crippen molar-refractivity contribution >= 4 is 15.9 Å². The molecule has 2 aliphatic carbocycles. The third-order valence-corrected chi connectivity index (χ3v) is 4.46. The lowest BCUT2D eigenvalue weighted by Gasteiger charge is -2.16. The summed E-state index contributed by atoms with van der Waals surface area (Å²) in [6.07, 6.45) is 3.88. The maximum Gasteiger partial charge on any atom is 0.147 e. The van der Waals surface area contributed by atoms with Gasteiger partial charge in [-0.25, -0.2) is 0 Å². The molecule has 4 heteroatoms. The lowest BCUT2D eigenvalue weighted by atomic mass is 10.1. The first-order chi connectivity index (χ1) is 10.2. The van der Waals surface area contributed by atoms with E-state index >= 15 is 0 Å². The second-order valence-corrected chi connectivity index (χ2v) is 5.76. The van der Waals surface area contributed by atoms with Crippen molar-refractivity contribution in [3.63, 3.8) is 0 Å². The molecular weight excluding hydrogens is 328 g/mol. The summed E-state index contributed by atoms with van der Waals surface area (Å²) in [4.78, 5) is 0. The molecule has 1 aromatic rings. The fourth-order valence-electron chi connectivity index (χ4n) is 2.70. The van der Waals surface area contributed by atoms with Gasteiger partial charge >= 0.3 is 0 Å². The van der Waals surface area contributed by atoms with Crippen molar-refractivity contribution in [3.05, 3.63) is 68.4 Å². The first-order valence-corrected chi connectivity index (χ1v) is 7.48. The maximum atomic E-state index is 8.98. The topological polar surface area (TPSA) is 45.0 Å². The molecule has 0 saturated carbocycles. The summed E-state index contributed by atoms with van der Waals surface area (Å²) in [5.74, 6) is 0.520. The van der Waals surface area contributed by atoms with Gasteiger partial charge in [-0.3, -0.25) is 0 Å². The minimum absolute atomic E-state index is 0.250. The largest absolute Gasteiger partial charge is 0.495 e. The van der Waals surface area contributed by atoms with Gasteiger partial charge in [0.05, 0.1) is 18.8 Å². The van der Waals surface area contributed by atoms with E-state index in [2.05, 4.69) is 50.9 Å². The highest BCUT2D eigenvalue weighted by atomic mass is 79.9. The summed E-state index contributed by atoms with van der Waals surface area (Å²) < 4.78 is 6.37. The van der Waals surface area contributed by atoms with Crippen LogP contribution in [0, 0.1) is 11.3 Å². The number of benzene rings is 1. The number of hydrogen-bond donors (Lipinski definition) is 1. The Morgan fingerprint density at radius 1 is 1.43 bits per heavy atom. The number of ether oxygens (including phenoxy) is 1. The van der Waals surface area contributed by atoms with Crippen LogP contribution < -0.4 is 5.32 Å². The lowest BCUT2D eigenvalue weighted by Crippen LogP contribution is -2.18. The number of nitrogens with zero attached hydrogens (tertiary/aromatic N) is 1. The molecule has 0 heterocycles. The lowest BCUT2D eigenvalue weighted by molar-refractivity contribution is 0.302. The average Bonchev–Trinajstić information content (AvgIpc) is 2.92. The highest BCUT2D eigenvalue weighted by molar-refractivity contribution is 9.10. The van der Waals surface area contributed by atoms with E-state index in [-0.39, 0.29) is 6.04 Å². The van der Waals surface area contributed by atoms with E-state index < -0.39 is 0 Å². The number of fused-ring (bicyclic) bond motifs is 1. The normalized spacial score (nSPS) is 19.1. The van der Waals surface area contributed by atoms with Crippen LogP contribution in [0.3, 0.4) is 0 Å². The van der Waals surface area contributed by atoms with Crippen molar-refractivity contribution in [1.82, 2.24) is 5.32 Å². The molecule has 0 saturated heterocycles. The molecule has 1 N–H and O–H groups in total. The third kappa shape index (κ3) is 2.55. The van der Waals surface area contributed by atoms with E-state index in [4.69, 9.17) is 10.00 Å². The number of nitrogens with one attached hydrogen (secondary N) is 1. The predicted octanol–water partition coefficient (Wildman–Crippen LogP) is 3.66. The molecule has 0 bridgehead atoms. The summed E-state index contributed by atoms with van der Waals surface area (Å²) in [5, 5.41) is 12.4. The van der Waals surface area contributed by atoms with E-state index in [0.717, 1.165) is 23.0 Å². The van der Waals surface area contributed by atoms with Crippen molar-refractivity contribution in [2.45, 2.75) is 18.9 Å². The summed E-state index contributed by atoms with van der Waals surface area (Å²) in [6.45, 7) is 0. The van der Waals surface area contributed by atoms with E-state index in [1.54, 1.807) is 13.2 Å². The molecule has 0 unspecified atom stereocenters. The molecule has 0 fully saturated rings. The monoisotopic (exact) mass is 340 g/mol. The Morgan fingerprint density at radius 3 is 3.05 bits per heavy atom. The van der Waals surface area contributed by atoms with Gasteiger partial charge in [-0.15, -0.1) is 0 Å². The van der Waals surface area contributed by atoms with Crippen LogP contribution in [0.2, 0.25) is 0 Å². The van der Waals surface area contributed by atoms with Crippen molar-refractivity contribution in [2.75, 3.05) is 7.11 Å². The average molecular weight is 341 g/mol. The molecule has 104 valence electrons. The van der Waals surface area contributed by atoms with Gasteiger partial charge in [0.15, 0.2) is 0 Å². The third-order valence-electron chi connectivity index (χ3n) is 3.72. The predicted molar refractivity (Wildman–Crippen MR) is 83.1 cm³/mol. The van der Waals surface area contributed by atoms with Crippen molar-refractivity contribution in [3.8, 4) is 6.07 Å². The minimum atomic E-state index is 0.250. The number of nitriles is 1. The van der Waals surface area contributed by atoms with Gasteiger partial charge in [0.2, 0.25) is 0 Å². The zero-order valence-corrected chi connectivity index (χ0v) is 13.1. The minimum Gasteiger partial charge on any atom is -0.495 e. The Balaban J connectivity index is 1.90. The van der Waals surface area contributed by atoms with Crippen LogP contribution in [0.15, 0.2) is 57.2 Å². The van der Waals surface area contributed by atoms with Gasteiger partial charge in [0.25, 0.3) is 0 Å². The molecule has 1 aromatic carbocycles. The van der Waals surface area contributed by atoms with Gasteiger partial charge in [0, 0.05) is 10.5 Å². The Morgan fingerprint density at radius 2 is 2.29 bits per heavy atom. The molecule has 21 heavy (non-hydrogen) atoms. The van der Waals surface area contributed by atoms with Crippen LogP contribution in [0.5, 0.6) is 0 Å². The first kappa shape index (κ1) is 13.8. The first-order valence-electron chi connectivity index (χ1n) is 6.69. The Bertz CT molecular complexity index is 772. The quantitative estimate of drug-likeness (QED) is 0.854. The molecule has 2 aliphatic rings. The molecule has 0 aliphatic heterocycles. The molecule has 1 atom stereocenters. The Labute approximate surface area is 132 Å². The molecular formula is C17H13BrN2O. The Kier molecular flexibility index (Phi) is 3.73. The molecule has 0 amide bonds. The number of hydrogen-bond acceptors (Lipinski definition) is 3. The fourth-order valence-corrected chi connectivity index (χ4v) is 3.28. The van der Waals surface area contributed by atoms with Crippen molar-refractivity contribution in [1.29, 1.82) is 5.26 Å². The molecule has 0 radical (unpaired) electrons.